The summed E-state index contributed by atoms with van der Waals surface area (Å²) in [5.41, 5.74) is 0.568. The van der Waals surface area contributed by atoms with Crippen molar-refractivity contribution in [2.45, 2.75) is 0 Å². The fourth-order valence-corrected chi connectivity index (χ4v) is 2.34. The molecule has 0 saturated heterocycles. The molecule has 3 rings (SSSR count). The van der Waals surface area contributed by atoms with Crippen molar-refractivity contribution >= 4 is 17.5 Å². The molecule has 7 heteroatoms. The van der Waals surface area contributed by atoms with E-state index in [0.717, 1.165) is 4.90 Å². The number of anilines is 1. The standard InChI is InChI=1S/C18H15FN2O4/c19-12-5-7-13(8-6-12)25-16-4-2-1-3-14(16)20-15-11-17(23)21(9-10-22)18(15)24/h1-8,11,20,22H,9-10H2. The quantitative estimate of drug-likeness (QED) is 0.788. The first-order valence-corrected chi connectivity index (χ1v) is 7.56. The highest BCUT2D eigenvalue weighted by molar-refractivity contribution is 6.17. The van der Waals surface area contributed by atoms with E-state index in [-0.39, 0.29) is 24.7 Å². The largest absolute Gasteiger partial charge is 0.455 e. The van der Waals surface area contributed by atoms with Crippen LogP contribution in [0.5, 0.6) is 11.5 Å². The zero-order valence-electron chi connectivity index (χ0n) is 13.1. The summed E-state index contributed by atoms with van der Waals surface area (Å²) < 4.78 is 18.7. The maximum absolute atomic E-state index is 13.0. The van der Waals surface area contributed by atoms with Crippen LogP contribution in [-0.2, 0) is 9.59 Å². The van der Waals surface area contributed by atoms with Gasteiger partial charge in [0.15, 0.2) is 5.75 Å². The highest BCUT2D eigenvalue weighted by Gasteiger charge is 2.31. The van der Waals surface area contributed by atoms with E-state index in [9.17, 15) is 14.0 Å². The molecule has 1 aliphatic rings. The Balaban J connectivity index is 1.80. The molecule has 2 aromatic carbocycles. The van der Waals surface area contributed by atoms with Gasteiger partial charge in [-0.25, -0.2) is 4.39 Å². The summed E-state index contributed by atoms with van der Waals surface area (Å²) in [7, 11) is 0. The van der Waals surface area contributed by atoms with Crippen molar-refractivity contribution in [2.75, 3.05) is 18.5 Å². The molecule has 2 amide bonds. The number of nitrogens with one attached hydrogen (secondary N) is 1. The summed E-state index contributed by atoms with van der Waals surface area (Å²) in [6.07, 6.45) is 1.17. The van der Waals surface area contributed by atoms with Crippen LogP contribution in [0.2, 0.25) is 0 Å². The van der Waals surface area contributed by atoms with Gasteiger partial charge in [-0.05, 0) is 36.4 Å². The third-order valence-electron chi connectivity index (χ3n) is 3.53. The second kappa shape index (κ2) is 7.14. The summed E-state index contributed by atoms with van der Waals surface area (Å²) in [6.45, 7) is -0.365. The number of ether oxygens (including phenoxy) is 1. The van der Waals surface area contributed by atoms with Crippen molar-refractivity contribution in [1.82, 2.24) is 4.90 Å². The molecule has 1 aliphatic heterocycles. The van der Waals surface area contributed by atoms with E-state index in [1.54, 1.807) is 24.3 Å². The third kappa shape index (κ3) is 3.67. The van der Waals surface area contributed by atoms with Gasteiger partial charge in [0.2, 0.25) is 0 Å². The highest BCUT2D eigenvalue weighted by atomic mass is 19.1. The summed E-state index contributed by atoms with van der Waals surface area (Å²) in [5, 5.41) is 11.8. The van der Waals surface area contributed by atoms with Gasteiger partial charge in [0.1, 0.15) is 17.3 Å². The topological polar surface area (TPSA) is 78.9 Å². The predicted octanol–water partition coefficient (Wildman–Crippen LogP) is 2.27. The number of aliphatic hydroxyl groups excluding tert-OH is 1. The normalized spacial score (nSPS) is 13.8. The number of nitrogens with zero attached hydrogens (tertiary/aromatic N) is 1. The van der Waals surface area contributed by atoms with Crippen LogP contribution in [0, 0.1) is 5.82 Å². The lowest BCUT2D eigenvalue weighted by Crippen LogP contribution is -2.34. The third-order valence-corrected chi connectivity index (χ3v) is 3.53. The Hall–Kier alpha value is -3.19. The number of rotatable bonds is 6. The minimum Gasteiger partial charge on any atom is -0.455 e. The van der Waals surface area contributed by atoms with Crippen molar-refractivity contribution in [3.8, 4) is 11.5 Å². The summed E-state index contributed by atoms with van der Waals surface area (Å²) in [4.78, 5) is 24.9. The van der Waals surface area contributed by atoms with Crippen LogP contribution in [-0.4, -0.2) is 35.0 Å². The maximum atomic E-state index is 13.0. The molecule has 0 saturated carbocycles. The van der Waals surface area contributed by atoms with Crippen LogP contribution in [0.4, 0.5) is 10.1 Å². The van der Waals surface area contributed by atoms with Gasteiger partial charge in [-0.15, -0.1) is 0 Å². The van der Waals surface area contributed by atoms with E-state index in [2.05, 4.69) is 5.32 Å². The van der Waals surface area contributed by atoms with Gasteiger partial charge in [-0.1, -0.05) is 12.1 Å². The predicted molar refractivity (Wildman–Crippen MR) is 88.4 cm³/mol. The number of carbonyl (C=O) groups excluding carboxylic acids is 2. The van der Waals surface area contributed by atoms with Gasteiger partial charge in [-0.2, -0.15) is 0 Å². The van der Waals surface area contributed by atoms with Gasteiger partial charge < -0.3 is 15.2 Å². The number of hydrogen-bond donors (Lipinski definition) is 2. The van der Waals surface area contributed by atoms with Crippen LogP contribution in [0.25, 0.3) is 0 Å². The summed E-state index contributed by atoms with van der Waals surface area (Å²) in [6, 6.07) is 12.4. The van der Waals surface area contributed by atoms with Crippen molar-refractivity contribution in [1.29, 1.82) is 0 Å². The fourth-order valence-electron chi connectivity index (χ4n) is 2.34. The number of halogens is 1. The number of imide groups is 1. The average molecular weight is 342 g/mol. The van der Waals surface area contributed by atoms with E-state index in [1.807, 2.05) is 0 Å². The Kier molecular flexibility index (Phi) is 4.76. The smallest absolute Gasteiger partial charge is 0.277 e. The average Bonchev–Trinajstić information content (AvgIpc) is 2.86. The molecule has 2 aromatic rings. The van der Waals surface area contributed by atoms with Gasteiger partial charge >= 0.3 is 0 Å². The molecule has 0 radical (unpaired) electrons. The summed E-state index contributed by atoms with van der Waals surface area (Å²) >= 11 is 0. The number of aliphatic hydroxyl groups is 1. The van der Waals surface area contributed by atoms with E-state index in [4.69, 9.17) is 9.84 Å². The first-order chi connectivity index (χ1) is 12.1. The number of benzene rings is 2. The second-order valence-corrected chi connectivity index (χ2v) is 5.25. The number of para-hydroxylation sites is 2. The molecule has 0 atom stereocenters. The minimum absolute atomic E-state index is 0.0624. The molecule has 0 unspecified atom stereocenters. The maximum Gasteiger partial charge on any atom is 0.277 e. The number of amides is 2. The van der Waals surface area contributed by atoms with Crippen molar-refractivity contribution < 1.29 is 23.8 Å². The number of β-amino-alcohol motifs (C(OH)–C–C–N with tert-alkyl or cyclic N) is 1. The van der Waals surface area contributed by atoms with Gasteiger partial charge in [-0.3, -0.25) is 14.5 Å². The lowest BCUT2D eigenvalue weighted by Gasteiger charge is -2.15. The summed E-state index contributed by atoms with van der Waals surface area (Å²) in [5.74, 6) is -0.534. The Bertz CT molecular complexity index is 833. The second-order valence-electron chi connectivity index (χ2n) is 5.25. The molecule has 0 bridgehead atoms. The van der Waals surface area contributed by atoms with E-state index in [1.165, 1.54) is 30.3 Å². The fraction of sp³-hybridized carbons (Fsp3) is 0.111. The molecule has 0 fully saturated rings. The van der Waals surface area contributed by atoms with Crippen molar-refractivity contribution in [3.63, 3.8) is 0 Å². The lowest BCUT2D eigenvalue weighted by molar-refractivity contribution is -0.137. The zero-order valence-corrected chi connectivity index (χ0v) is 13.1. The van der Waals surface area contributed by atoms with Crippen molar-refractivity contribution in [3.05, 3.63) is 66.1 Å². The Morgan fingerprint density at radius 3 is 2.52 bits per heavy atom. The number of carbonyl (C=O) groups is 2. The molecule has 1 heterocycles. The monoisotopic (exact) mass is 342 g/mol. The Morgan fingerprint density at radius 2 is 1.80 bits per heavy atom. The van der Waals surface area contributed by atoms with Crippen LogP contribution in [0.15, 0.2) is 60.3 Å². The molecular weight excluding hydrogens is 327 g/mol. The van der Waals surface area contributed by atoms with Crippen molar-refractivity contribution in [2.24, 2.45) is 0 Å². The molecule has 0 aromatic heterocycles. The van der Waals surface area contributed by atoms with Crippen LogP contribution >= 0.6 is 0 Å². The first kappa shape index (κ1) is 16.7. The highest BCUT2D eigenvalue weighted by Crippen LogP contribution is 2.31. The zero-order chi connectivity index (χ0) is 17.8. The van der Waals surface area contributed by atoms with Gasteiger partial charge in [0, 0.05) is 6.08 Å². The molecule has 0 aliphatic carbocycles. The molecule has 128 valence electrons. The van der Waals surface area contributed by atoms with Crippen LogP contribution < -0.4 is 10.1 Å². The molecular formula is C18H15FN2O4. The molecule has 25 heavy (non-hydrogen) atoms. The minimum atomic E-state index is -0.518. The van der Waals surface area contributed by atoms with Crippen LogP contribution in [0.3, 0.4) is 0 Å². The van der Waals surface area contributed by atoms with Crippen LogP contribution in [0.1, 0.15) is 0 Å². The molecule has 0 spiro atoms. The van der Waals surface area contributed by atoms with E-state index in [0.29, 0.717) is 17.2 Å². The number of hydrogen-bond acceptors (Lipinski definition) is 5. The molecule has 2 N–H and O–H groups in total. The van der Waals surface area contributed by atoms with Gasteiger partial charge in [0.25, 0.3) is 11.8 Å². The first-order valence-electron chi connectivity index (χ1n) is 7.56. The van der Waals surface area contributed by atoms with E-state index < -0.39 is 11.8 Å². The molecule has 6 nitrogen and oxygen atoms in total. The Labute approximate surface area is 143 Å². The lowest BCUT2D eigenvalue weighted by atomic mass is 10.2. The SMILES string of the molecule is O=C1C=C(Nc2ccccc2Oc2ccc(F)cc2)C(=O)N1CCO. The van der Waals surface area contributed by atoms with E-state index >= 15 is 0 Å². The Morgan fingerprint density at radius 1 is 1.08 bits per heavy atom. The van der Waals surface area contributed by atoms with Gasteiger partial charge in [0.05, 0.1) is 18.8 Å².